The molecule has 0 bridgehead atoms. The number of hydrogen-bond acceptors (Lipinski definition) is 5. The Morgan fingerprint density at radius 2 is 1.91 bits per heavy atom. The number of imidazole rings is 1. The highest BCUT2D eigenvalue weighted by Gasteiger charge is 2.38. The Labute approximate surface area is 181 Å². The Bertz CT molecular complexity index is 1150. The molecule has 32 heavy (non-hydrogen) atoms. The minimum Gasteiger partial charge on any atom is -0.339 e. The second-order valence-electron chi connectivity index (χ2n) is 8.12. The lowest BCUT2D eigenvalue weighted by atomic mass is 10.1. The van der Waals surface area contributed by atoms with Gasteiger partial charge < -0.3 is 9.42 Å². The van der Waals surface area contributed by atoms with Crippen molar-refractivity contribution in [3.63, 3.8) is 0 Å². The van der Waals surface area contributed by atoms with Crippen molar-refractivity contribution in [2.45, 2.75) is 38.9 Å². The van der Waals surface area contributed by atoms with Gasteiger partial charge in [-0.15, -0.1) is 0 Å². The van der Waals surface area contributed by atoms with Gasteiger partial charge in [0, 0.05) is 19.5 Å². The summed E-state index contributed by atoms with van der Waals surface area (Å²) in [6, 6.07) is 7.44. The van der Waals surface area contributed by atoms with Gasteiger partial charge in [-0.25, -0.2) is 9.78 Å². The fourth-order valence-electron chi connectivity index (χ4n) is 4.11. The Kier molecular flexibility index (Phi) is 4.90. The van der Waals surface area contributed by atoms with E-state index in [1.54, 1.807) is 11.2 Å². The van der Waals surface area contributed by atoms with E-state index in [1.165, 1.54) is 0 Å². The van der Waals surface area contributed by atoms with Gasteiger partial charge in [-0.05, 0) is 25.0 Å². The highest BCUT2D eigenvalue weighted by molar-refractivity contribution is 5.95. The average Bonchev–Trinajstić information content (AvgIpc) is 3.52. The fraction of sp³-hybridized carbons (Fsp3) is 0.429. The van der Waals surface area contributed by atoms with Crippen molar-refractivity contribution < 1.29 is 22.5 Å². The van der Waals surface area contributed by atoms with Gasteiger partial charge in [0.15, 0.2) is 0 Å². The van der Waals surface area contributed by atoms with Crippen LogP contribution in [0.15, 0.2) is 35.1 Å². The van der Waals surface area contributed by atoms with Gasteiger partial charge >= 0.3 is 12.2 Å². The zero-order chi connectivity index (χ0) is 22.5. The summed E-state index contributed by atoms with van der Waals surface area (Å²) in [6.07, 6.45) is -1.19. The van der Waals surface area contributed by atoms with E-state index in [9.17, 15) is 18.0 Å². The van der Waals surface area contributed by atoms with Crippen molar-refractivity contribution in [1.29, 1.82) is 0 Å². The van der Waals surface area contributed by atoms with E-state index in [1.807, 2.05) is 33.7 Å². The molecule has 0 saturated carbocycles. The summed E-state index contributed by atoms with van der Waals surface area (Å²) in [4.78, 5) is 25.3. The molecular formula is C21H21F3N6O2. The van der Waals surface area contributed by atoms with E-state index >= 15 is 0 Å². The third-order valence-corrected chi connectivity index (χ3v) is 5.93. The van der Waals surface area contributed by atoms with Crippen LogP contribution >= 0.6 is 0 Å². The van der Waals surface area contributed by atoms with Crippen molar-refractivity contribution in [2.24, 2.45) is 5.92 Å². The van der Waals surface area contributed by atoms with Crippen LogP contribution in [-0.4, -0.2) is 49.9 Å². The molecule has 1 unspecified atom stereocenters. The molecule has 0 spiro atoms. The van der Waals surface area contributed by atoms with Gasteiger partial charge in [0.1, 0.15) is 12.0 Å². The molecule has 2 aliphatic heterocycles. The summed E-state index contributed by atoms with van der Waals surface area (Å²) in [7, 11) is 0. The molecule has 8 nitrogen and oxygen atoms in total. The molecule has 11 heteroatoms. The second-order valence-corrected chi connectivity index (χ2v) is 8.12. The Balaban J connectivity index is 1.49. The number of alkyl halides is 3. The molecule has 4 heterocycles. The van der Waals surface area contributed by atoms with E-state index in [-0.39, 0.29) is 24.3 Å². The SMILES string of the molecule is CC(Cc1nc(-c2ncn3c2CN(C(=O)N2CCCC2)c2ccccc2-3)no1)C(F)(F)F. The Morgan fingerprint density at radius 1 is 1.19 bits per heavy atom. The molecule has 0 radical (unpaired) electrons. The highest BCUT2D eigenvalue weighted by Crippen LogP contribution is 2.36. The average molecular weight is 446 g/mol. The number of carbonyl (C=O) groups excluding carboxylic acids is 1. The summed E-state index contributed by atoms with van der Waals surface area (Å²) in [5.74, 6) is -1.60. The standard InChI is InChI=1S/C21H21F3N6O2/c1-13(21(22,23)24)10-17-26-19(27-32-17)18-16-11-29(20(31)28-8-4-5-9-28)14-6-2-3-7-15(14)30(16)12-25-18/h2-3,6-7,12-13H,4-5,8-11H2,1H3. The number of benzene rings is 1. The number of fused-ring (bicyclic) bond motifs is 3. The first-order valence-corrected chi connectivity index (χ1v) is 10.4. The molecule has 168 valence electrons. The fourth-order valence-corrected chi connectivity index (χ4v) is 4.11. The topological polar surface area (TPSA) is 80.3 Å². The van der Waals surface area contributed by atoms with Gasteiger partial charge in [0.25, 0.3) is 0 Å². The zero-order valence-corrected chi connectivity index (χ0v) is 17.3. The number of aromatic nitrogens is 4. The van der Waals surface area contributed by atoms with Crippen molar-refractivity contribution in [3.05, 3.63) is 42.2 Å². The number of carbonyl (C=O) groups is 1. The number of halogens is 3. The van der Waals surface area contributed by atoms with Crippen LogP contribution in [0.25, 0.3) is 17.2 Å². The molecule has 2 amide bonds. The van der Waals surface area contributed by atoms with Crippen LogP contribution in [0.2, 0.25) is 0 Å². The summed E-state index contributed by atoms with van der Waals surface area (Å²) in [5.41, 5.74) is 2.61. The molecule has 2 aliphatic rings. The Hall–Kier alpha value is -3.37. The molecule has 1 saturated heterocycles. The molecule has 5 rings (SSSR count). The van der Waals surface area contributed by atoms with Crippen LogP contribution in [0, 0.1) is 5.92 Å². The maximum atomic E-state index is 13.2. The molecule has 1 fully saturated rings. The quantitative estimate of drug-likeness (QED) is 0.603. The molecule has 2 aromatic heterocycles. The lowest BCUT2D eigenvalue weighted by Gasteiger charge is -2.33. The number of urea groups is 1. The monoisotopic (exact) mass is 446 g/mol. The Morgan fingerprint density at radius 3 is 2.62 bits per heavy atom. The molecule has 0 aliphatic carbocycles. The normalized spacial score (nSPS) is 16.8. The van der Waals surface area contributed by atoms with Crippen LogP contribution in [0.5, 0.6) is 0 Å². The molecule has 1 aromatic carbocycles. The minimum atomic E-state index is -4.34. The molecular weight excluding hydrogens is 425 g/mol. The van der Waals surface area contributed by atoms with E-state index in [4.69, 9.17) is 4.52 Å². The van der Waals surface area contributed by atoms with Crippen molar-refractivity contribution in [1.82, 2.24) is 24.6 Å². The van der Waals surface area contributed by atoms with Crippen molar-refractivity contribution in [2.75, 3.05) is 18.0 Å². The van der Waals surface area contributed by atoms with Crippen LogP contribution in [-0.2, 0) is 13.0 Å². The molecule has 3 aromatic rings. The number of likely N-dealkylation sites (tertiary alicyclic amines) is 1. The summed E-state index contributed by atoms with van der Waals surface area (Å²) in [5, 5.41) is 3.86. The minimum absolute atomic E-state index is 0.0823. The third kappa shape index (κ3) is 3.51. The number of rotatable bonds is 3. The first kappa shape index (κ1) is 20.5. The maximum absolute atomic E-state index is 13.2. The van der Waals surface area contributed by atoms with Gasteiger partial charge in [0.05, 0.1) is 29.5 Å². The molecule has 1 atom stereocenters. The second kappa shape index (κ2) is 7.64. The van der Waals surface area contributed by atoms with Crippen LogP contribution in [0.4, 0.5) is 23.7 Å². The van der Waals surface area contributed by atoms with E-state index < -0.39 is 18.5 Å². The predicted molar refractivity (Wildman–Crippen MR) is 108 cm³/mol. The zero-order valence-electron chi connectivity index (χ0n) is 17.3. The largest absolute Gasteiger partial charge is 0.392 e. The van der Waals surface area contributed by atoms with Gasteiger partial charge in [-0.1, -0.05) is 24.2 Å². The van der Waals surface area contributed by atoms with Crippen molar-refractivity contribution in [3.8, 4) is 17.2 Å². The smallest absolute Gasteiger partial charge is 0.339 e. The van der Waals surface area contributed by atoms with Gasteiger partial charge in [0.2, 0.25) is 11.7 Å². The van der Waals surface area contributed by atoms with Gasteiger partial charge in [-0.3, -0.25) is 9.47 Å². The lowest BCUT2D eigenvalue weighted by Crippen LogP contribution is -2.43. The molecule has 0 N–H and O–H groups in total. The maximum Gasteiger partial charge on any atom is 0.392 e. The van der Waals surface area contributed by atoms with E-state index in [0.29, 0.717) is 11.4 Å². The lowest BCUT2D eigenvalue weighted by molar-refractivity contribution is -0.170. The first-order chi connectivity index (χ1) is 15.3. The summed E-state index contributed by atoms with van der Waals surface area (Å²) in [6.45, 7) is 2.75. The van der Waals surface area contributed by atoms with Gasteiger partial charge in [-0.2, -0.15) is 18.2 Å². The van der Waals surface area contributed by atoms with E-state index in [2.05, 4.69) is 15.1 Å². The predicted octanol–water partition coefficient (Wildman–Crippen LogP) is 4.20. The summed E-state index contributed by atoms with van der Waals surface area (Å²) >= 11 is 0. The van der Waals surface area contributed by atoms with Crippen molar-refractivity contribution >= 4 is 11.7 Å². The first-order valence-electron chi connectivity index (χ1n) is 10.4. The number of para-hydroxylation sites is 2. The third-order valence-electron chi connectivity index (χ3n) is 5.93. The van der Waals surface area contributed by atoms with E-state index in [0.717, 1.165) is 44.2 Å². The number of nitrogens with zero attached hydrogens (tertiary/aromatic N) is 6. The number of hydrogen-bond donors (Lipinski definition) is 0. The number of anilines is 1. The number of amides is 2. The van der Waals surface area contributed by atoms with Crippen LogP contribution < -0.4 is 4.90 Å². The highest BCUT2D eigenvalue weighted by atomic mass is 19.4. The van der Waals surface area contributed by atoms with Crippen LogP contribution in [0.1, 0.15) is 31.4 Å². The summed E-state index contributed by atoms with van der Waals surface area (Å²) < 4.78 is 45.6. The van der Waals surface area contributed by atoms with Crippen LogP contribution in [0.3, 0.4) is 0 Å².